The van der Waals surface area contributed by atoms with E-state index in [-0.39, 0.29) is 11.5 Å². The third kappa shape index (κ3) is 6.88. The summed E-state index contributed by atoms with van der Waals surface area (Å²) in [6.07, 6.45) is 3.57. The Hall–Kier alpha value is -2.45. The van der Waals surface area contributed by atoms with Gasteiger partial charge in [0.2, 0.25) is 0 Å². The number of hydrogen-bond donors (Lipinski definition) is 1. The molecule has 1 aliphatic rings. The van der Waals surface area contributed by atoms with E-state index in [0.717, 1.165) is 18.2 Å². The number of ether oxygens (including phenoxy) is 1. The lowest BCUT2D eigenvalue weighted by Crippen LogP contribution is -2.70. The molecule has 1 saturated heterocycles. The smallest absolute Gasteiger partial charge is 0.253 e. The summed E-state index contributed by atoms with van der Waals surface area (Å²) in [5.74, 6) is -0.319. The van der Waals surface area contributed by atoms with Gasteiger partial charge in [-0.1, -0.05) is 11.6 Å². The van der Waals surface area contributed by atoms with Gasteiger partial charge < -0.3 is 15.0 Å². The number of aryl methyl sites for hydroxylation is 1. The molecule has 14 radical (unpaired) electrons. The summed E-state index contributed by atoms with van der Waals surface area (Å²) in [5, 5.41) is 1.45. The minimum atomic E-state index is -2.40. The van der Waals surface area contributed by atoms with Gasteiger partial charge in [-0.25, -0.2) is 0 Å². The van der Waals surface area contributed by atoms with E-state index in [0.29, 0.717) is 47.2 Å². The molecule has 40 heavy (non-hydrogen) atoms. The van der Waals surface area contributed by atoms with Crippen molar-refractivity contribution >= 4 is 89.2 Å². The number of halogens is 1. The molecular formula is C25H22B7ClN4O3. The van der Waals surface area contributed by atoms with Crippen molar-refractivity contribution in [1.29, 1.82) is 0 Å². The number of nitrogens with zero attached hydrogens (tertiary/aromatic N) is 3. The second-order valence-electron chi connectivity index (χ2n) is 10.3. The summed E-state index contributed by atoms with van der Waals surface area (Å²) in [5.41, 5.74) is 2.26. The number of aromatic nitrogens is 2. The normalized spacial score (nSPS) is 15.3. The van der Waals surface area contributed by atoms with Gasteiger partial charge in [0.1, 0.15) is 15.7 Å². The number of hydrogen-bond acceptors (Lipinski definition) is 4. The minimum Gasteiger partial charge on any atom is -0.415 e. The number of piperidine rings is 1. The maximum Gasteiger partial charge on any atom is 0.253 e. The third-order valence-corrected chi connectivity index (χ3v) is 7.25. The average molecular weight is 538 g/mol. The number of carbonyl (C=O) groups excluding carboxylic acids is 2. The Morgan fingerprint density at radius 2 is 1.65 bits per heavy atom. The maximum atomic E-state index is 13.1. The van der Waals surface area contributed by atoms with Crippen molar-refractivity contribution in [2.45, 2.75) is 42.3 Å². The number of carbonyl (C=O) groups is 2. The first-order chi connectivity index (χ1) is 18.6. The van der Waals surface area contributed by atoms with Crippen LogP contribution in [-0.4, -0.2) is 111 Å². The molecule has 4 rings (SSSR count). The molecular weight excluding hydrogens is 515 g/mol. The predicted molar refractivity (Wildman–Crippen MR) is 162 cm³/mol. The van der Waals surface area contributed by atoms with Crippen LogP contribution in [0.5, 0.6) is 0 Å². The van der Waals surface area contributed by atoms with Gasteiger partial charge in [0.15, 0.2) is 0 Å². The molecule has 0 unspecified atom stereocenters. The second kappa shape index (κ2) is 11.4. The van der Waals surface area contributed by atoms with Crippen LogP contribution in [0.1, 0.15) is 39.1 Å². The number of amides is 2. The minimum absolute atomic E-state index is 0.00170. The molecule has 2 amide bonds. The zero-order valence-electron chi connectivity index (χ0n) is 22.1. The fraction of sp³-hybridized carbons (Fsp3) is 0.400. The lowest BCUT2D eigenvalue weighted by molar-refractivity contribution is 0.0480. The van der Waals surface area contributed by atoms with Crippen LogP contribution in [0, 0.1) is 12.8 Å². The topological polar surface area (TPSA) is 76.5 Å². The first-order valence-electron chi connectivity index (χ1n) is 12.6. The molecule has 1 aromatic heterocycles. The highest BCUT2D eigenvalue weighted by Gasteiger charge is 2.39. The van der Waals surface area contributed by atoms with Gasteiger partial charge >= 0.3 is 0 Å². The van der Waals surface area contributed by atoms with Crippen LogP contribution in [-0.2, 0) is 11.3 Å². The van der Waals surface area contributed by atoms with Crippen molar-refractivity contribution in [3.63, 3.8) is 0 Å². The summed E-state index contributed by atoms with van der Waals surface area (Å²) < 4.78 is 6.79. The number of nitrogens with one attached hydrogen (secondary N) is 1. The lowest BCUT2D eigenvalue weighted by atomic mass is 9.38. The monoisotopic (exact) mass is 538 g/mol. The second-order valence-corrected chi connectivity index (χ2v) is 10.8. The molecule has 2 heterocycles. The summed E-state index contributed by atoms with van der Waals surface area (Å²) in [7, 11) is 39.6. The van der Waals surface area contributed by atoms with Gasteiger partial charge in [0, 0.05) is 47.4 Å². The van der Waals surface area contributed by atoms with E-state index in [1.165, 1.54) is 0 Å². The Morgan fingerprint density at radius 1 is 1.02 bits per heavy atom. The molecule has 1 aliphatic heterocycles. The average Bonchev–Trinajstić information content (AvgIpc) is 3.26. The summed E-state index contributed by atoms with van der Waals surface area (Å²) in [4.78, 5) is 27.7. The molecule has 0 bridgehead atoms. The fourth-order valence-corrected chi connectivity index (χ4v) is 4.83. The SMILES string of the molecule is [B]C([B])([B])OC([B])([B])C([B])([B])NC(=O)c1ccc2nn(CC3CCN(C(=O)c4ccc(Cl)cc4)CC3)cc2c1C. The summed E-state index contributed by atoms with van der Waals surface area (Å²) >= 11 is 5.93. The van der Waals surface area contributed by atoms with Gasteiger partial charge in [-0.2, -0.15) is 5.10 Å². The zero-order valence-corrected chi connectivity index (χ0v) is 22.9. The Kier molecular flexibility index (Phi) is 8.73. The van der Waals surface area contributed by atoms with Gasteiger partial charge in [-0.05, 0) is 83.7 Å². The van der Waals surface area contributed by atoms with Crippen molar-refractivity contribution in [1.82, 2.24) is 20.0 Å². The van der Waals surface area contributed by atoms with Gasteiger partial charge in [0.05, 0.1) is 44.7 Å². The largest absolute Gasteiger partial charge is 0.415 e. The van der Waals surface area contributed by atoms with Crippen LogP contribution in [0.15, 0.2) is 42.6 Å². The van der Waals surface area contributed by atoms with Crippen molar-refractivity contribution < 1.29 is 14.3 Å². The van der Waals surface area contributed by atoms with Crippen molar-refractivity contribution in [3.8, 4) is 0 Å². The predicted octanol–water partition coefficient (Wildman–Crippen LogP) is 0.395. The van der Waals surface area contributed by atoms with Crippen LogP contribution in [0.4, 0.5) is 0 Å². The van der Waals surface area contributed by atoms with E-state index in [1.807, 2.05) is 15.8 Å². The van der Waals surface area contributed by atoms with E-state index in [2.05, 4.69) is 10.4 Å². The third-order valence-electron chi connectivity index (χ3n) is 7.00. The molecule has 15 heteroatoms. The highest BCUT2D eigenvalue weighted by atomic mass is 35.5. The van der Waals surface area contributed by atoms with E-state index in [1.54, 1.807) is 43.3 Å². The molecule has 3 aromatic rings. The highest BCUT2D eigenvalue weighted by Crippen LogP contribution is 2.26. The Morgan fingerprint density at radius 3 is 2.25 bits per heavy atom. The van der Waals surface area contributed by atoms with Gasteiger partial charge in [-0.15, -0.1) is 0 Å². The summed E-state index contributed by atoms with van der Waals surface area (Å²) in [6, 6.07) is 10.2. The van der Waals surface area contributed by atoms with Crippen LogP contribution >= 0.6 is 11.6 Å². The van der Waals surface area contributed by atoms with E-state index >= 15 is 0 Å². The molecule has 1 fully saturated rings. The van der Waals surface area contributed by atoms with E-state index in [4.69, 9.17) is 71.3 Å². The Labute approximate surface area is 248 Å². The molecule has 188 valence electrons. The number of likely N-dealkylation sites (tertiary alicyclic amines) is 1. The standard InChI is InChI=1S/C25H22B7ClN4O3/c1-14-18(21(38)34-23(26,27)24(28,29)40-25(30,31)32)6-7-20-19(14)13-37(35-20)12-15-8-10-36(11-9-15)22(39)16-2-4-17(33)5-3-16/h2-7,13,15H,8-12H2,1H3,(H,34,38). The van der Waals surface area contributed by atoms with Gasteiger partial charge in [0.25, 0.3) is 11.8 Å². The molecule has 0 aliphatic carbocycles. The first-order valence-corrected chi connectivity index (χ1v) is 13.0. The van der Waals surface area contributed by atoms with Crippen molar-refractivity contribution in [2.75, 3.05) is 13.1 Å². The van der Waals surface area contributed by atoms with E-state index in [9.17, 15) is 9.59 Å². The Balaban J connectivity index is 1.41. The lowest BCUT2D eigenvalue weighted by Gasteiger charge is -2.49. The van der Waals surface area contributed by atoms with Crippen molar-refractivity contribution in [3.05, 3.63) is 64.3 Å². The molecule has 0 atom stereocenters. The van der Waals surface area contributed by atoms with Gasteiger partial charge in [-0.3, -0.25) is 14.3 Å². The number of rotatable bonds is 8. The van der Waals surface area contributed by atoms with Crippen LogP contribution in [0.25, 0.3) is 10.9 Å². The van der Waals surface area contributed by atoms with Crippen LogP contribution in [0.3, 0.4) is 0 Å². The molecule has 2 aromatic carbocycles. The first kappa shape index (κ1) is 30.5. The van der Waals surface area contributed by atoms with Crippen LogP contribution < -0.4 is 5.32 Å². The molecule has 0 spiro atoms. The molecule has 1 N–H and O–H groups in total. The summed E-state index contributed by atoms with van der Waals surface area (Å²) in [6.45, 7) is 3.76. The number of benzene rings is 2. The molecule has 0 saturated carbocycles. The van der Waals surface area contributed by atoms with Crippen LogP contribution in [0.2, 0.25) is 5.02 Å². The number of fused-ring (bicyclic) bond motifs is 1. The quantitative estimate of drug-likeness (QED) is 0.422. The maximum absolute atomic E-state index is 13.1. The fourth-order valence-electron chi connectivity index (χ4n) is 4.71. The molecule has 7 nitrogen and oxygen atoms in total. The Bertz CT molecular complexity index is 1400. The van der Waals surface area contributed by atoms with Crippen molar-refractivity contribution in [2.24, 2.45) is 5.92 Å². The zero-order chi connectivity index (χ0) is 29.5. The van der Waals surface area contributed by atoms with E-state index < -0.39 is 21.9 Å². The highest BCUT2D eigenvalue weighted by molar-refractivity contribution is 6.60.